The lowest BCUT2D eigenvalue weighted by molar-refractivity contribution is -0.123. The van der Waals surface area contributed by atoms with E-state index in [2.05, 4.69) is 4.90 Å². The van der Waals surface area contributed by atoms with Crippen molar-refractivity contribution in [2.45, 2.75) is 25.0 Å². The molecule has 0 atom stereocenters. The van der Waals surface area contributed by atoms with Crippen molar-refractivity contribution in [3.63, 3.8) is 0 Å². The zero-order valence-corrected chi connectivity index (χ0v) is 20.7. The van der Waals surface area contributed by atoms with Gasteiger partial charge in [-0.3, -0.25) is 9.69 Å². The lowest BCUT2D eigenvalue weighted by Gasteiger charge is -2.42. The second kappa shape index (κ2) is 10.3. The van der Waals surface area contributed by atoms with Crippen LogP contribution in [0.15, 0.2) is 84.9 Å². The Hall–Kier alpha value is -4.33. The van der Waals surface area contributed by atoms with Crippen LogP contribution in [0.3, 0.4) is 0 Å². The Balaban J connectivity index is 1.36. The molecule has 5 rings (SSSR count). The molecule has 2 amide bonds. The van der Waals surface area contributed by atoms with E-state index >= 15 is 0 Å². The van der Waals surface area contributed by atoms with Crippen LogP contribution in [0.4, 0.5) is 16.2 Å². The number of para-hydroxylation sites is 1. The Morgan fingerprint density at radius 3 is 2.19 bits per heavy atom. The zero-order valence-electron chi connectivity index (χ0n) is 20.7. The van der Waals surface area contributed by atoms with Crippen molar-refractivity contribution in [1.82, 2.24) is 4.90 Å². The van der Waals surface area contributed by atoms with E-state index in [1.807, 2.05) is 66.7 Å². The molecule has 2 aliphatic heterocycles. The summed E-state index contributed by atoms with van der Waals surface area (Å²) in [5.41, 5.74) is 2.07. The molecule has 2 aliphatic rings. The Kier molecular flexibility index (Phi) is 6.81. The number of rotatable bonds is 5. The summed E-state index contributed by atoms with van der Waals surface area (Å²) in [5, 5.41) is 0. The molecule has 0 aromatic heterocycles. The fourth-order valence-electron chi connectivity index (χ4n) is 5.12. The normalized spacial score (nSPS) is 16.7. The van der Waals surface area contributed by atoms with E-state index in [9.17, 15) is 14.4 Å². The summed E-state index contributed by atoms with van der Waals surface area (Å²) in [4.78, 5) is 44.4. The van der Waals surface area contributed by atoms with Crippen molar-refractivity contribution >= 4 is 29.3 Å². The smallest absolute Gasteiger partial charge is 0.410 e. The summed E-state index contributed by atoms with van der Waals surface area (Å²) in [6.07, 6.45) is 0.556. The van der Waals surface area contributed by atoms with Gasteiger partial charge >= 0.3 is 12.1 Å². The second-order valence-corrected chi connectivity index (χ2v) is 9.24. The van der Waals surface area contributed by atoms with E-state index in [0.717, 1.165) is 11.3 Å². The first kappa shape index (κ1) is 24.4. The van der Waals surface area contributed by atoms with Crippen molar-refractivity contribution in [3.05, 3.63) is 96.1 Å². The van der Waals surface area contributed by atoms with Gasteiger partial charge in [0.25, 0.3) is 5.91 Å². The van der Waals surface area contributed by atoms with E-state index in [0.29, 0.717) is 43.9 Å². The molecule has 1 spiro atoms. The number of nitrogens with zero attached hydrogens (tertiary/aromatic N) is 3. The van der Waals surface area contributed by atoms with Gasteiger partial charge in [-0.1, -0.05) is 54.6 Å². The molecule has 8 heteroatoms. The lowest BCUT2D eigenvalue weighted by atomic mass is 9.85. The number of ether oxygens (including phenoxy) is 2. The molecule has 0 aliphatic carbocycles. The number of carbonyl (C=O) groups is 3. The van der Waals surface area contributed by atoms with Crippen molar-refractivity contribution in [3.8, 4) is 0 Å². The van der Waals surface area contributed by atoms with E-state index in [1.54, 1.807) is 28.0 Å². The third kappa shape index (κ3) is 4.74. The van der Waals surface area contributed by atoms with Gasteiger partial charge in [-0.25, -0.2) is 9.59 Å². The van der Waals surface area contributed by atoms with Crippen LogP contribution >= 0.6 is 0 Å². The molecule has 0 unspecified atom stereocenters. The first-order valence-corrected chi connectivity index (χ1v) is 12.3. The van der Waals surface area contributed by atoms with Crippen LogP contribution < -0.4 is 9.80 Å². The number of methoxy groups -OCH3 is 1. The first-order chi connectivity index (χ1) is 18.0. The standard InChI is InChI=1S/C29H29N3O5/c1-36-26(33)23-11-8-14-25(19-23)31-21-32(24-12-6-3-7-13-24)29(27(31)34)15-17-30(18-16-29)28(35)37-20-22-9-4-2-5-10-22/h2-14,19H,15-18,20-21H2,1H3. The minimum atomic E-state index is -0.807. The fourth-order valence-corrected chi connectivity index (χ4v) is 5.12. The third-order valence-electron chi connectivity index (χ3n) is 7.14. The predicted octanol–water partition coefficient (Wildman–Crippen LogP) is 4.46. The SMILES string of the molecule is COC(=O)c1cccc(N2CN(c3ccccc3)C3(CCN(C(=O)OCc4ccccc4)CC3)C2=O)c1. The first-order valence-electron chi connectivity index (χ1n) is 12.3. The summed E-state index contributed by atoms with van der Waals surface area (Å²) in [5.74, 6) is -0.499. The van der Waals surface area contributed by atoms with Gasteiger partial charge in [0, 0.05) is 24.5 Å². The molecule has 2 fully saturated rings. The maximum atomic E-state index is 14.0. The predicted molar refractivity (Wildman–Crippen MR) is 139 cm³/mol. The number of benzene rings is 3. The molecule has 2 heterocycles. The molecule has 8 nitrogen and oxygen atoms in total. The van der Waals surface area contributed by atoms with Crippen LogP contribution in [0.1, 0.15) is 28.8 Å². The Bertz CT molecular complexity index is 1270. The van der Waals surface area contributed by atoms with Crippen molar-refractivity contribution in [1.29, 1.82) is 0 Å². The van der Waals surface area contributed by atoms with E-state index in [4.69, 9.17) is 9.47 Å². The summed E-state index contributed by atoms with van der Waals surface area (Å²) in [7, 11) is 1.33. The number of esters is 1. The van der Waals surface area contributed by atoms with E-state index in [-0.39, 0.29) is 18.6 Å². The number of likely N-dealkylation sites (tertiary alicyclic amines) is 1. The number of anilines is 2. The van der Waals surface area contributed by atoms with Gasteiger partial charge in [-0.05, 0) is 48.7 Å². The zero-order chi connectivity index (χ0) is 25.8. The Labute approximate surface area is 216 Å². The van der Waals surface area contributed by atoms with Gasteiger partial charge in [0.1, 0.15) is 12.1 Å². The topological polar surface area (TPSA) is 79.4 Å². The molecular weight excluding hydrogens is 470 g/mol. The van der Waals surface area contributed by atoms with Crippen LogP contribution in [-0.2, 0) is 20.9 Å². The van der Waals surface area contributed by atoms with Crippen LogP contribution in [0.25, 0.3) is 0 Å². The molecule has 190 valence electrons. The van der Waals surface area contributed by atoms with E-state index in [1.165, 1.54) is 7.11 Å². The Morgan fingerprint density at radius 2 is 1.51 bits per heavy atom. The molecule has 0 N–H and O–H groups in total. The number of carbonyl (C=O) groups excluding carboxylic acids is 3. The van der Waals surface area contributed by atoms with Gasteiger partial charge in [0.15, 0.2) is 0 Å². The highest BCUT2D eigenvalue weighted by Gasteiger charge is 2.54. The number of hydrogen-bond acceptors (Lipinski definition) is 6. The molecule has 37 heavy (non-hydrogen) atoms. The second-order valence-electron chi connectivity index (χ2n) is 9.24. The quantitative estimate of drug-likeness (QED) is 0.483. The molecule has 0 saturated carbocycles. The molecule has 3 aromatic rings. The van der Waals surface area contributed by atoms with Crippen molar-refractivity contribution in [2.75, 3.05) is 36.7 Å². The van der Waals surface area contributed by atoms with Gasteiger partial charge in [0.05, 0.1) is 19.3 Å². The van der Waals surface area contributed by atoms with Crippen LogP contribution in [0.5, 0.6) is 0 Å². The highest BCUT2D eigenvalue weighted by molar-refractivity contribution is 6.07. The summed E-state index contributed by atoms with van der Waals surface area (Å²) in [6.45, 7) is 1.35. The van der Waals surface area contributed by atoms with Gasteiger partial charge < -0.3 is 19.3 Å². The Morgan fingerprint density at radius 1 is 0.865 bits per heavy atom. The number of hydrogen-bond donors (Lipinski definition) is 0. The third-order valence-corrected chi connectivity index (χ3v) is 7.14. The monoisotopic (exact) mass is 499 g/mol. The molecule has 2 saturated heterocycles. The van der Waals surface area contributed by atoms with Crippen molar-refractivity contribution < 1.29 is 23.9 Å². The molecular formula is C29H29N3O5. The van der Waals surface area contributed by atoms with E-state index < -0.39 is 11.5 Å². The maximum Gasteiger partial charge on any atom is 0.410 e. The highest BCUT2D eigenvalue weighted by Crippen LogP contribution is 2.41. The highest BCUT2D eigenvalue weighted by atomic mass is 16.6. The summed E-state index contributed by atoms with van der Waals surface area (Å²) < 4.78 is 10.4. The van der Waals surface area contributed by atoms with Crippen LogP contribution in [0, 0.1) is 0 Å². The summed E-state index contributed by atoms with van der Waals surface area (Å²) >= 11 is 0. The number of amides is 2. The molecule has 0 bridgehead atoms. The maximum absolute atomic E-state index is 14.0. The van der Waals surface area contributed by atoms with Crippen LogP contribution in [-0.4, -0.2) is 55.3 Å². The minimum absolute atomic E-state index is 0.0457. The largest absolute Gasteiger partial charge is 0.465 e. The molecule has 0 radical (unpaired) electrons. The van der Waals surface area contributed by atoms with Crippen molar-refractivity contribution in [2.24, 2.45) is 0 Å². The fraction of sp³-hybridized carbons (Fsp3) is 0.276. The minimum Gasteiger partial charge on any atom is -0.465 e. The van der Waals surface area contributed by atoms with Crippen LogP contribution in [0.2, 0.25) is 0 Å². The molecule has 3 aromatic carbocycles. The average molecular weight is 500 g/mol. The average Bonchev–Trinajstić information content (AvgIpc) is 3.24. The lowest BCUT2D eigenvalue weighted by Crippen LogP contribution is -2.57. The van der Waals surface area contributed by atoms with Gasteiger partial charge in [-0.2, -0.15) is 0 Å². The van der Waals surface area contributed by atoms with Gasteiger partial charge in [0.2, 0.25) is 0 Å². The number of piperidine rings is 1. The summed E-state index contributed by atoms with van der Waals surface area (Å²) in [6, 6.07) is 26.3. The van der Waals surface area contributed by atoms with Gasteiger partial charge in [-0.15, -0.1) is 0 Å².